The molecule has 0 N–H and O–H groups in total. The molecule has 10 rings (SSSR count). The number of rotatable bonds is 3. The summed E-state index contributed by atoms with van der Waals surface area (Å²) < 4.78 is 13.1. The minimum atomic E-state index is 0.604. The molecule has 10 aromatic rings. The van der Waals surface area contributed by atoms with Gasteiger partial charge in [0.15, 0.2) is 17.5 Å². The highest BCUT2D eigenvalue weighted by Crippen LogP contribution is 2.45. The van der Waals surface area contributed by atoms with Crippen LogP contribution in [-0.2, 0) is 0 Å². The fourth-order valence-electron chi connectivity index (χ4n) is 6.72. The molecule has 0 spiro atoms. The number of furan rings is 2. The van der Waals surface area contributed by atoms with Gasteiger partial charge in [-0.15, -0.1) is 0 Å². The van der Waals surface area contributed by atoms with E-state index >= 15 is 0 Å². The predicted octanol–water partition coefficient (Wildman–Crippen LogP) is 11.0. The molecule has 5 heteroatoms. The topological polar surface area (TPSA) is 65.0 Å². The summed E-state index contributed by atoms with van der Waals surface area (Å²) in [4.78, 5) is 15.0. The van der Waals surface area contributed by atoms with Crippen molar-refractivity contribution < 1.29 is 8.83 Å². The molecule has 7 aromatic carbocycles. The first-order valence-corrected chi connectivity index (χ1v) is 15.3. The molecule has 5 nitrogen and oxygen atoms in total. The second kappa shape index (κ2) is 9.58. The van der Waals surface area contributed by atoms with Crippen molar-refractivity contribution in [2.45, 2.75) is 0 Å². The van der Waals surface area contributed by atoms with Crippen LogP contribution in [0.15, 0.2) is 148 Å². The lowest BCUT2D eigenvalue weighted by Crippen LogP contribution is -2.00. The van der Waals surface area contributed by atoms with Crippen molar-refractivity contribution >= 4 is 65.4 Å². The molecule has 0 radical (unpaired) electrons. The molecule has 3 aromatic heterocycles. The van der Waals surface area contributed by atoms with Crippen LogP contribution in [0, 0.1) is 0 Å². The van der Waals surface area contributed by atoms with Gasteiger partial charge in [-0.3, -0.25) is 0 Å². The van der Waals surface area contributed by atoms with Gasteiger partial charge in [0.1, 0.15) is 22.3 Å². The van der Waals surface area contributed by atoms with Crippen molar-refractivity contribution in [2.24, 2.45) is 0 Å². The minimum absolute atomic E-state index is 0.604. The molecule has 0 fully saturated rings. The Balaban J connectivity index is 1.25. The van der Waals surface area contributed by atoms with E-state index in [0.717, 1.165) is 76.7 Å². The molecular weight excluding hydrogens is 566 g/mol. The van der Waals surface area contributed by atoms with E-state index in [1.54, 1.807) is 0 Å². The summed E-state index contributed by atoms with van der Waals surface area (Å²) in [6, 6.07) is 47.5. The minimum Gasteiger partial charge on any atom is -0.455 e. The van der Waals surface area contributed by atoms with E-state index in [-0.39, 0.29) is 0 Å². The van der Waals surface area contributed by atoms with Crippen LogP contribution in [0.2, 0.25) is 0 Å². The van der Waals surface area contributed by atoms with E-state index in [2.05, 4.69) is 78.9 Å². The summed E-state index contributed by atoms with van der Waals surface area (Å²) >= 11 is 0. The van der Waals surface area contributed by atoms with Crippen LogP contribution in [0.4, 0.5) is 0 Å². The smallest absolute Gasteiger partial charge is 0.164 e. The van der Waals surface area contributed by atoms with Gasteiger partial charge in [-0.05, 0) is 46.5 Å². The van der Waals surface area contributed by atoms with Crippen molar-refractivity contribution in [3.63, 3.8) is 0 Å². The number of hydrogen-bond donors (Lipinski definition) is 0. The van der Waals surface area contributed by atoms with Gasteiger partial charge >= 0.3 is 0 Å². The first kappa shape index (κ1) is 25.0. The fraction of sp³-hybridized carbons (Fsp3) is 0. The zero-order chi connectivity index (χ0) is 30.2. The molecule has 0 bridgehead atoms. The summed E-state index contributed by atoms with van der Waals surface area (Å²) in [5.41, 5.74) is 6.07. The fourth-order valence-corrected chi connectivity index (χ4v) is 6.72. The van der Waals surface area contributed by atoms with Gasteiger partial charge in [0.05, 0.1) is 5.39 Å². The molecule has 0 atom stereocenters. The van der Waals surface area contributed by atoms with E-state index in [1.165, 1.54) is 5.39 Å². The monoisotopic (exact) mass is 589 g/mol. The zero-order valence-electron chi connectivity index (χ0n) is 24.4. The Morgan fingerprint density at radius 1 is 0.348 bits per heavy atom. The largest absolute Gasteiger partial charge is 0.455 e. The number of para-hydroxylation sites is 1. The number of benzene rings is 7. The molecule has 0 saturated carbocycles. The van der Waals surface area contributed by atoms with E-state index in [4.69, 9.17) is 23.8 Å². The molecule has 0 aliphatic heterocycles. The SMILES string of the molecule is c1ccc(-c2nc(-c3ccc4ccccc4c3)nc(-c3ccc4oc5c(c4c3)c3ccccc3c3oc4ccccc4c35)n2)cc1. The van der Waals surface area contributed by atoms with Gasteiger partial charge in [-0.2, -0.15) is 0 Å². The predicted molar refractivity (Wildman–Crippen MR) is 186 cm³/mol. The highest BCUT2D eigenvalue weighted by Gasteiger charge is 2.21. The van der Waals surface area contributed by atoms with Crippen molar-refractivity contribution in [1.29, 1.82) is 0 Å². The third kappa shape index (κ3) is 3.72. The lowest BCUT2D eigenvalue weighted by molar-refractivity contribution is 0.665. The van der Waals surface area contributed by atoms with Crippen LogP contribution in [0.1, 0.15) is 0 Å². The first-order chi connectivity index (χ1) is 22.8. The number of hydrogen-bond acceptors (Lipinski definition) is 5. The van der Waals surface area contributed by atoms with Crippen molar-refractivity contribution in [2.75, 3.05) is 0 Å². The maximum Gasteiger partial charge on any atom is 0.164 e. The Kier molecular flexibility index (Phi) is 5.22. The lowest BCUT2D eigenvalue weighted by atomic mass is 9.99. The van der Waals surface area contributed by atoms with Gasteiger partial charge in [0.2, 0.25) is 0 Å². The maximum absolute atomic E-state index is 6.64. The number of fused-ring (bicyclic) bond motifs is 11. The van der Waals surface area contributed by atoms with Crippen LogP contribution in [0.25, 0.3) is 99.6 Å². The molecule has 0 saturated heterocycles. The zero-order valence-corrected chi connectivity index (χ0v) is 24.4. The summed E-state index contributed by atoms with van der Waals surface area (Å²) in [6.07, 6.45) is 0. The molecule has 0 unspecified atom stereocenters. The first-order valence-electron chi connectivity index (χ1n) is 15.3. The van der Waals surface area contributed by atoms with E-state index < -0.39 is 0 Å². The molecule has 214 valence electrons. The third-order valence-electron chi connectivity index (χ3n) is 8.88. The summed E-state index contributed by atoms with van der Waals surface area (Å²) in [6.45, 7) is 0. The summed E-state index contributed by atoms with van der Waals surface area (Å²) in [7, 11) is 0. The molecule has 0 aliphatic rings. The van der Waals surface area contributed by atoms with Gasteiger partial charge < -0.3 is 8.83 Å². The van der Waals surface area contributed by atoms with E-state index in [9.17, 15) is 0 Å². The average Bonchev–Trinajstić information content (AvgIpc) is 3.71. The van der Waals surface area contributed by atoms with Crippen LogP contribution >= 0.6 is 0 Å². The second-order valence-electron chi connectivity index (χ2n) is 11.6. The Bertz CT molecular complexity index is 2810. The highest BCUT2D eigenvalue weighted by molar-refractivity contribution is 6.33. The van der Waals surface area contributed by atoms with E-state index in [1.807, 2.05) is 60.7 Å². The molecule has 0 aliphatic carbocycles. The molecule has 3 heterocycles. The quantitative estimate of drug-likeness (QED) is 0.205. The van der Waals surface area contributed by atoms with Crippen molar-refractivity contribution in [3.05, 3.63) is 140 Å². The Labute approximate surface area is 262 Å². The third-order valence-corrected chi connectivity index (χ3v) is 8.88. The Hall–Kier alpha value is -6.33. The Morgan fingerprint density at radius 3 is 1.76 bits per heavy atom. The molecule has 0 amide bonds. The average molecular weight is 590 g/mol. The van der Waals surface area contributed by atoms with Gasteiger partial charge in [0.25, 0.3) is 0 Å². The molecular formula is C41H23N3O2. The highest BCUT2D eigenvalue weighted by atomic mass is 16.3. The van der Waals surface area contributed by atoms with Crippen LogP contribution in [0.5, 0.6) is 0 Å². The summed E-state index contributed by atoms with van der Waals surface area (Å²) in [5.74, 6) is 1.86. The standard InChI is InChI=1S/C41H23N3O2/c1-2-11-25(12-3-1)39-42-40(27-19-18-24-10-4-5-13-26(24)22-27)44-41(43-39)28-20-21-34-32(23-28)35-29-14-6-7-15-30(29)37-36(38(35)46-34)31-16-8-9-17-33(31)45-37/h1-23H. The normalized spacial score (nSPS) is 11.9. The number of nitrogens with zero attached hydrogens (tertiary/aromatic N) is 3. The van der Waals surface area contributed by atoms with E-state index in [0.29, 0.717) is 17.5 Å². The lowest BCUT2D eigenvalue weighted by Gasteiger charge is -2.09. The van der Waals surface area contributed by atoms with Crippen molar-refractivity contribution in [1.82, 2.24) is 15.0 Å². The van der Waals surface area contributed by atoms with Gasteiger partial charge in [-0.25, -0.2) is 15.0 Å². The number of aromatic nitrogens is 3. The van der Waals surface area contributed by atoms with Crippen molar-refractivity contribution in [3.8, 4) is 34.2 Å². The van der Waals surface area contributed by atoms with Crippen LogP contribution in [-0.4, -0.2) is 15.0 Å². The maximum atomic E-state index is 6.64. The van der Waals surface area contributed by atoms with Crippen LogP contribution < -0.4 is 0 Å². The molecule has 46 heavy (non-hydrogen) atoms. The summed E-state index contributed by atoms with van der Waals surface area (Å²) in [5, 5.41) is 8.54. The van der Waals surface area contributed by atoms with Crippen LogP contribution in [0.3, 0.4) is 0 Å². The second-order valence-corrected chi connectivity index (χ2v) is 11.6. The van der Waals surface area contributed by atoms with Gasteiger partial charge in [-0.1, -0.05) is 109 Å². The van der Waals surface area contributed by atoms with Gasteiger partial charge in [0, 0.05) is 38.2 Å². The Morgan fingerprint density at radius 2 is 0.935 bits per heavy atom.